The van der Waals surface area contributed by atoms with Crippen LogP contribution in [0.4, 0.5) is 13.2 Å². The van der Waals surface area contributed by atoms with Gasteiger partial charge in [-0.1, -0.05) is 17.7 Å². The summed E-state index contributed by atoms with van der Waals surface area (Å²) in [5.41, 5.74) is -0.0162. The minimum Gasteiger partial charge on any atom is -0.497 e. The first-order valence-corrected chi connectivity index (χ1v) is 4.85. The number of rotatable bonds is 3. The van der Waals surface area contributed by atoms with Gasteiger partial charge in [0.2, 0.25) is 0 Å². The van der Waals surface area contributed by atoms with Gasteiger partial charge in [0.1, 0.15) is 11.8 Å². The summed E-state index contributed by atoms with van der Waals surface area (Å²) >= 11 is 5.77. The summed E-state index contributed by atoms with van der Waals surface area (Å²) in [6.07, 6.45) is -4.38. The highest BCUT2D eigenvalue weighted by Gasteiger charge is 2.40. The molecule has 1 aromatic carbocycles. The second-order valence-electron chi connectivity index (χ2n) is 3.15. The third-order valence-corrected chi connectivity index (χ3v) is 2.46. The maximum atomic E-state index is 12.6. The zero-order valence-electron chi connectivity index (χ0n) is 8.73. The Bertz CT molecular complexity index is 368. The highest BCUT2D eigenvalue weighted by Crippen LogP contribution is 2.36. The molecule has 1 unspecified atom stereocenters. The first-order chi connectivity index (χ1) is 7.40. The van der Waals surface area contributed by atoms with Gasteiger partial charge in [-0.15, -0.1) is 0 Å². The third kappa shape index (κ3) is 2.80. The van der Waals surface area contributed by atoms with Gasteiger partial charge < -0.3 is 10.1 Å². The lowest BCUT2D eigenvalue weighted by atomic mass is 10.1. The van der Waals surface area contributed by atoms with Crippen LogP contribution in [0.3, 0.4) is 0 Å². The molecule has 1 N–H and O–H groups in total. The molecule has 16 heavy (non-hydrogen) atoms. The summed E-state index contributed by atoms with van der Waals surface area (Å²) in [6, 6.07) is 2.32. The fourth-order valence-electron chi connectivity index (χ4n) is 1.36. The molecule has 0 saturated carbocycles. The zero-order chi connectivity index (χ0) is 12.3. The van der Waals surface area contributed by atoms with Gasteiger partial charge in [-0.25, -0.2) is 0 Å². The highest BCUT2D eigenvalue weighted by atomic mass is 35.5. The molecular weight excluding hydrogens is 243 g/mol. The fraction of sp³-hybridized carbons (Fsp3) is 0.400. The Morgan fingerprint density at radius 1 is 1.38 bits per heavy atom. The Labute approximate surface area is 96.4 Å². The quantitative estimate of drug-likeness (QED) is 0.893. The van der Waals surface area contributed by atoms with Crippen LogP contribution in [0.15, 0.2) is 18.2 Å². The van der Waals surface area contributed by atoms with Crippen LogP contribution in [0.25, 0.3) is 0 Å². The lowest BCUT2D eigenvalue weighted by molar-refractivity contribution is -0.156. The van der Waals surface area contributed by atoms with Gasteiger partial charge in [-0.3, -0.25) is 0 Å². The molecule has 0 aliphatic heterocycles. The predicted molar refractivity (Wildman–Crippen MR) is 55.9 cm³/mol. The van der Waals surface area contributed by atoms with Crippen molar-refractivity contribution in [3.63, 3.8) is 0 Å². The minimum atomic E-state index is -4.38. The van der Waals surface area contributed by atoms with Crippen molar-refractivity contribution in [3.05, 3.63) is 28.8 Å². The molecule has 1 atom stereocenters. The number of nitrogens with one attached hydrogen (secondary N) is 1. The summed E-state index contributed by atoms with van der Waals surface area (Å²) in [4.78, 5) is 0. The third-order valence-electron chi connectivity index (χ3n) is 2.13. The molecule has 6 heteroatoms. The molecule has 0 saturated heterocycles. The van der Waals surface area contributed by atoms with Gasteiger partial charge >= 0.3 is 6.18 Å². The van der Waals surface area contributed by atoms with Gasteiger partial charge in [-0.05, 0) is 24.7 Å². The molecule has 0 heterocycles. The van der Waals surface area contributed by atoms with Crippen molar-refractivity contribution in [2.24, 2.45) is 0 Å². The second-order valence-corrected chi connectivity index (χ2v) is 3.56. The first-order valence-electron chi connectivity index (χ1n) is 4.47. The molecule has 0 fully saturated rings. The molecule has 0 aromatic heterocycles. The van der Waals surface area contributed by atoms with E-state index in [0.717, 1.165) is 0 Å². The Morgan fingerprint density at radius 2 is 2.00 bits per heavy atom. The van der Waals surface area contributed by atoms with Crippen molar-refractivity contribution in [1.29, 1.82) is 0 Å². The average molecular weight is 254 g/mol. The molecule has 0 bridgehead atoms. The molecule has 0 aliphatic rings. The number of halogens is 4. The summed E-state index contributed by atoms with van der Waals surface area (Å²) < 4.78 is 42.7. The molecule has 0 spiro atoms. The monoisotopic (exact) mass is 253 g/mol. The van der Waals surface area contributed by atoms with Crippen molar-refractivity contribution < 1.29 is 17.9 Å². The Kier molecular flexibility index (Phi) is 4.04. The molecule has 0 amide bonds. The van der Waals surface area contributed by atoms with Crippen LogP contribution in [-0.4, -0.2) is 20.3 Å². The van der Waals surface area contributed by atoms with Crippen molar-refractivity contribution in [1.82, 2.24) is 5.32 Å². The van der Waals surface area contributed by atoms with Gasteiger partial charge in [0.25, 0.3) is 0 Å². The lowest BCUT2D eigenvalue weighted by Gasteiger charge is -2.21. The molecular formula is C10H11ClF3NO. The summed E-state index contributed by atoms with van der Waals surface area (Å²) in [6.45, 7) is 0. The summed E-state index contributed by atoms with van der Waals surface area (Å²) in [5.74, 6) is 0.422. The van der Waals surface area contributed by atoms with Gasteiger partial charge in [0.15, 0.2) is 0 Å². The number of benzene rings is 1. The van der Waals surface area contributed by atoms with Crippen molar-refractivity contribution in [2.75, 3.05) is 14.2 Å². The predicted octanol–water partition coefficient (Wildman–Crippen LogP) is 3.17. The molecule has 0 aliphatic carbocycles. The van der Waals surface area contributed by atoms with Crippen molar-refractivity contribution >= 4 is 11.6 Å². The summed E-state index contributed by atoms with van der Waals surface area (Å²) in [7, 11) is 2.66. The van der Waals surface area contributed by atoms with E-state index in [1.54, 1.807) is 0 Å². The smallest absolute Gasteiger partial charge is 0.407 e. The molecule has 1 rings (SSSR count). The van der Waals surface area contributed by atoms with Crippen molar-refractivity contribution in [2.45, 2.75) is 12.2 Å². The van der Waals surface area contributed by atoms with E-state index in [1.807, 2.05) is 0 Å². The van der Waals surface area contributed by atoms with Gasteiger partial charge in [0.05, 0.1) is 7.11 Å². The first kappa shape index (κ1) is 13.1. The Balaban J connectivity index is 3.12. The standard InChI is InChI=1S/C10H11ClF3NO/c1-15-9(10(12,13)14)7-4-3-6(16-2)5-8(7)11/h3-5,9,15H,1-2H3. The maximum absolute atomic E-state index is 12.6. The van der Waals surface area contributed by atoms with E-state index in [-0.39, 0.29) is 10.6 Å². The van der Waals surface area contributed by atoms with Crippen LogP contribution in [0.1, 0.15) is 11.6 Å². The molecule has 0 radical (unpaired) electrons. The minimum absolute atomic E-state index is 0.0162. The van der Waals surface area contributed by atoms with Crippen LogP contribution in [0, 0.1) is 0 Å². The fourth-order valence-corrected chi connectivity index (χ4v) is 1.64. The largest absolute Gasteiger partial charge is 0.497 e. The molecule has 2 nitrogen and oxygen atoms in total. The topological polar surface area (TPSA) is 21.3 Å². The van der Waals surface area contributed by atoms with Gasteiger partial charge in [-0.2, -0.15) is 13.2 Å². The van der Waals surface area contributed by atoms with Crippen LogP contribution < -0.4 is 10.1 Å². The normalized spacial score (nSPS) is 13.6. The van der Waals surface area contributed by atoms with E-state index >= 15 is 0 Å². The van der Waals surface area contributed by atoms with Crippen LogP contribution in [0.2, 0.25) is 5.02 Å². The number of hydrogen-bond donors (Lipinski definition) is 1. The average Bonchev–Trinajstić information content (AvgIpc) is 2.19. The number of alkyl halides is 3. The SMILES string of the molecule is CNC(c1ccc(OC)cc1Cl)C(F)(F)F. The van der Waals surface area contributed by atoms with E-state index in [0.29, 0.717) is 5.75 Å². The van der Waals surface area contributed by atoms with Crippen molar-refractivity contribution in [3.8, 4) is 5.75 Å². The van der Waals surface area contributed by atoms with E-state index in [1.165, 1.54) is 32.4 Å². The van der Waals surface area contributed by atoms with E-state index in [2.05, 4.69) is 5.32 Å². The van der Waals surface area contributed by atoms with E-state index < -0.39 is 12.2 Å². The Hall–Kier alpha value is -0.940. The van der Waals surface area contributed by atoms with Crippen LogP contribution in [0.5, 0.6) is 5.75 Å². The second kappa shape index (κ2) is 4.93. The van der Waals surface area contributed by atoms with Crippen LogP contribution >= 0.6 is 11.6 Å². The molecule has 1 aromatic rings. The highest BCUT2D eigenvalue weighted by molar-refractivity contribution is 6.31. The molecule has 90 valence electrons. The number of ether oxygens (including phenoxy) is 1. The van der Waals surface area contributed by atoms with E-state index in [4.69, 9.17) is 16.3 Å². The number of hydrogen-bond acceptors (Lipinski definition) is 2. The lowest BCUT2D eigenvalue weighted by Crippen LogP contribution is -2.31. The zero-order valence-corrected chi connectivity index (χ0v) is 9.49. The summed E-state index contributed by atoms with van der Waals surface area (Å²) in [5, 5.41) is 2.21. The van der Waals surface area contributed by atoms with Crippen LogP contribution in [-0.2, 0) is 0 Å². The Morgan fingerprint density at radius 3 is 2.38 bits per heavy atom. The number of methoxy groups -OCH3 is 1. The van der Waals surface area contributed by atoms with Gasteiger partial charge in [0, 0.05) is 5.02 Å². The van der Waals surface area contributed by atoms with E-state index in [9.17, 15) is 13.2 Å². The maximum Gasteiger partial charge on any atom is 0.407 e.